The smallest absolute Gasteiger partial charge is 0.344 e. The molecule has 7 nitrogen and oxygen atoms in total. The molecular weight excluding hydrogens is 308 g/mol. The minimum Gasteiger partial charge on any atom is -0.372 e. The van der Waals surface area contributed by atoms with Gasteiger partial charge >= 0.3 is 6.03 Å². The summed E-state index contributed by atoms with van der Waals surface area (Å²) in [4.78, 5) is 38.7. The zero-order chi connectivity index (χ0) is 17.9. The average molecular weight is 332 g/mol. The summed E-state index contributed by atoms with van der Waals surface area (Å²) in [5.41, 5.74) is 2.81. The first-order valence-corrected chi connectivity index (χ1v) is 8.19. The first-order chi connectivity index (χ1) is 11.4. The number of hydrogen-bond donors (Lipinski definition) is 2. The quantitative estimate of drug-likeness (QED) is 0.780. The molecule has 1 fully saturated rings. The fourth-order valence-electron chi connectivity index (χ4n) is 2.60. The summed E-state index contributed by atoms with van der Waals surface area (Å²) in [6.45, 7) is 9.31. The highest BCUT2D eigenvalue weighted by Gasteiger charge is 2.47. The van der Waals surface area contributed by atoms with Crippen LogP contribution in [0.3, 0.4) is 0 Å². The molecule has 24 heavy (non-hydrogen) atoms. The SMILES string of the molecule is CCN(CC)c1ccc(C(=O)NN2C(=O)N[C@@](C)(CC)C2=O)cc1. The Labute approximate surface area is 142 Å². The zero-order valence-electron chi connectivity index (χ0n) is 14.5. The molecule has 1 atom stereocenters. The van der Waals surface area contributed by atoms with Gasteiger partial charge in [0.25, 0.3) is 11.8 Å². The molecule has 0 radical (unpaired) electrons. The molecule has 0 saturated carbocycles. The second-order valence-electron chi connectivity index (χ2n) is 5.92. The minimum absolute atomic E-state index is 0.386. The van der Waals surface area contributed by atoms with Crippen molar-refractivity contribution >= 4 is 23.5 Å². The molecule has 130 valence electrons. The Hall–Kier alpha value is -2.57. The van der Waals surface area contributed by atoms with E-state index in [-0.39, 0.29) is 0 Å². The maximum absolute atomic E-state index is 12.3. The van der Waals surface area contributed by atoms with E-state index in [0.29, 0.717) is 12.0 Å². The van der Waals surface area contributed by atoms with Crippen molar-refractivity contribution in [1.29, 1.82) is 0 Å². The van der Waals surface area contributed by atoms with E-state index in [2.05, 4.69) is 29.5 Å². The Kier molecular flexibility index (Phi) is 5.11. The molecule has 4 amide bonds. The average Bonchev–Trinajstić information content (AvgIpc) is 2.80. The van der Waals surface area contributed by atoms with Gasteiger partial charge in [0.1, 0.15) is 5.54 Å². The number of carbonyl (C=O) groups is 3. The van der Waals surface area contributed by atoms with Crippen molar-refractivity contribution in [1.82, 2.24) is 15.8 Å². The van der Waals surface area contributed by atoms with Gasteiger partial charge in [0.05, 0.1) is 0 Å². The van der Waals surface area contributed by atoms with Gasteiger partial charge in [-0.25, -0.2) is 4.79 Å². The summed E-state index contributed by atoms with van der Waals surface area (Å²) in [6, 6.07) is 6.45. The Morgan fingerprint density at radius 3 is 2.21 bits per heavy atom. The van der Waals surface area contributed by atoms with E-state index in [1.807, 2.05) is 12.1 Å². The van der Waals surface area contributed by atoms with Crippen molar-refractivity contribution in [2.75, 3.05) is 18.0 Å². The lowest BCUT2D eigenvalue weighted by Crippen LogP contribution is -2.48. The van der Waals surface area contributed by atoms with Crippen LogP contribution in [0.4, 0.5) is 10.5 Å². The molecule has 2 rings (SSSR count). The number of rotatable bonds is 6. The van der Waals surface area contributed by atoms with Crippen LogP contribution in [0.5, 0.6) is 0 Å². The molecule has 1 aliphatic heterocycles. The standard InChI is InChI=1S/C17H24N4O3/c1-5-17(4)15(23)21(16(24)18-17)19-14(22)12-8-10-13(11-9-12)20(6-2)7-3/h8-11H,5-7H2,1-4H3,(H,18,24)(H,19,22)/t17-/m0/s1. The predicted molar refractivity (Wildman–Crippen MR) is 91.5 cm³/mol. The Morgan fingerprint density at radius 1 is 1.17 bits per heavy atom. The number of benzene rings is 1. The highest BCUT2D eigenvalue weighted by molar-refractivity contribution is 6.09. The van der Waals surface area contributed by atoms with Gasteiger partial charge in [0, 0.05) is 24.3 Å². The fourth-order valence-corrected chi connectivity index (χ4v) is 2.60. The lowest BCUT2D eigenvalue weighted by molar-refractivity contribution is -0.132. The number of imide groups is 1. The molecule has 2 N–H and O–H groups in total. The summed E-state index contributed by atoms with van der Waals surface area (Å²) in [7, 11) is 0. The summed E-state index contributed by atoms with van der Waals surface area (Å²) in [5.74, 6) is -0.951. The highest BCUT2D eigenvalue weighted by atomic mass is 16.2. The van der Waals surface area contributed by atoms with Gasteiger partial charge in [-0.2, -0.15) is 5.01 Å². The number of carbonyl (C=O) groups excluding carboxylic acids is 3. The minimum atomic E-state index is -0.975. The fraction of sp³-hybridized carbons (Fsp3) is 0.471. The van der Waals surface area contributed by atoms with Crippen LogP contribution < -0.4 is 15.6 Å². The predicted octanol–water partition coefficient (Wildman–Crippen LogP) is 1.90. The van der Waals surface area contributed by atoms with Crippen LogP contribution in [0.25, 0.3) is 0 Å². The van der Waals surface area contributed by atoms with Gasteiger partial charge in [-0.15, -0.1) is 0 Å². The zero-order valence-corrected chi connectivity index (χ0v) is 14.5. The van der Waals surface area contributed by atoms with Gasteiger partial charge in [-0.3, -0.25) is 15.0 Å². The third-order valence-electron chi connectivity index (χ3n) is 4.44. The van der Waals surface area contributed by atoms with Crippen molar-refractivity contribution in [2.45, 2.75) is 39.7 Å². The topological polar surface area (TPSA) is 81.8 Å². The first kappa shape index (κ1) is 17.8. The van der Waals surface area contributed by atoms with Crippen LogP contribution in [-0.4, -0.2) is 41.5 Å². The van der Waals surface area contributed by atoms with Crippen LogP contribution in [-0.2, 0) is 4.79 Å². The second-order valence-corrected chi connectivity index (χ2v) is 5.92. The van der Waals surface area contributed by atoms with Crippen LogP contribution in [0, 0.1) is 0 Å². The number of urea groups is 1. The number of amides is 4. The molecule has 0 aromatic heterocycles. The summed E-state index contributed by atoms with van der Waals surface area (Å²) in [5, 5.41) is 3.35. The van der Waals surface area contributed by atoms with Gasteiger partial charge in [-0.1, -0.05) is 6.92 Å². The van der Waals surface area contributed by atoms with Crippen molar-refractivity contribution in [3.63, 3.8) is 0 Å². The van der Waals surface area contributed by atoms with Crippen LogP contribution in [0.1, 0.15) is 44.5 Å². The van der Waals surface area contributed by atoms with E-state index >= 15 is 0 Å². The van der Waals surface area contributed by atoms with E-state index in [9.17, 15) is 14.4 Å². The molecule has 1 aromatic rings. The number of nitrogens with one attached hydrogen (secondary N) is 2. The van der Waals surface area contributed by atoms with Crippen LogP contribution >= 0.6 is 0 Å². The second kappa shape index (κ2) is 6.90. The molecule has 1 heterocycles. The summed E-state index contributed by atoms with van der Waals surface area (Å²) >= 11 is 0. The van der Waals surface area contributed by atoms with E-state index < -0.39 is 23.4 Å². The molecule has 1 aromatic carbocycles. The molecule has 0 spiro atoms. The van der Waals surface area contributed by atoms with E-state index in [0.717, 1.165) is 23.8 Å². The lowest BCUT2D eigenvalue weighted by atomic mass is 10.00. The first-order valence-electron chi connectivity index (χ1n) is 8.19. The molecule has 0 unspecified atom stereocenters. The molecule has 0 bridgehead atoms. The normalized spacial score (nSPS) is 20.1. The third kappa shape index (κ3) is 3.20. The highest BCUT2D eigenvalue weighted by Crippen LogP contribution is 2.20. The van der Waals surface area contributed by atoms with Crippen molar-refractivity contribution in [3.05, 3.63) is 29.8 Å². The summed E-state index contributed by atoms with van der Waals surface area (Å²) < 4.78 is 0. The van der Waals surface area contributed by atoms with Gasteiger partial charge in [-0.05, 0) is 51.5 Å². The summed E-state index contributed by atoms with van der Waals surface area (Å²) in [6.07, 6.45) is 0.447. The lowest BCUT2D eigenvalue weighted by Gasteiger charge is -2.21. The molecule has 0 aliphatic carbocycles. The van der Waals surface area contributed by atoms with Crippen LogP contribution in [0.2, 0.25) is 0 Å². The Bertz CT molecular complexity index is 640. The largest absolute Gasteiger partial charge is 0.372 e. The van der Waals surface area contributed by atoms with Crippen molar-refractivity contribution in [2.24, 2.45) is 0 Å². The van der Waals surface area contributed by atoms with Gasteiger partial charge in [0.15, 0.2) is 0 Å². The molecular formula is C17H24N4O3. The third-order valence-corrected chi connectivity index (χ3v) is 4.44. The monoisotopic (exact) mass is 332 g/mol. The van der Waals surface area contributed by atoms with Crippen molar-refractivity contribution < 1.29 is 14.4 Å². The molecule has 7 heteroatoms. The Balaban J connectivity index is 2.10. The van der Waals surface area contributed by atoms with E-state index in [4.69, 9.17) is 0 Å². The number of hydrazine groups is 1. The number of anilines is 1. The van der Waals surface area contributed by atoms with Gasteiger partial charge < -0.3 is 10.2 Å². The van der Waals surface area contributed by atoms with Crippen LogP contribution in [0.15, 0.2) is 24.3 Å². The number of nitrogens with zero attached hydrogens (tertiary/aromatic N) is 2. The van der Waals surface area contributed by atoms with Gasteiger partial charge in [0.2, 0.25) is 0 Å². The number of hydrogen-bond acceptors (Lipinski definition) is 4. The molecule has 1 aliphatic rings. The van der Waals surface area contributed by atoms with E-state index in [1.165, 1.54) is 0 Å². The van der Waals surface area contributed by atoms with E-state index in [1.54, 1.807) is 26.0 Å². The Morgan fingerprint density at radius 2 is 1.75 bits per heavy atom. The van der Waals surface area contributed by atoms with Crippen molar-refractivity contribution in [3.8, 4) is 0 Å². The molecule has 1 saturated heterocycles. The maximum atomic E-state index is 12.3. The maximum Gasteiger partial charge on any atom is 0.344 e.